The van der Waals surface area contributed by atoms with E-state index in [0.717, 1.165) is 12.8 Å². The lowest BCUT2D eigenvalue weighted by atomic mass is 9.45. The molecule has 0 heterocycles. The maximum Gasteiger partial charge on any atom is 0.0659 e. The molecule has 3 saturated carbocycles. The first-order valence-corrected chi connectivity index (χ1v) is 12.9. The molecule has 3 heteroatoms. The van der Waals surface area contributed by atoms with E-state index >= 15 is 0 Å². The zero-order chi connectivity index (χ0) is 22.7. The maximum atomic E-state index is 11.6. The predicted molar refractivity (Wildman–Crippen MR) is 126 cm³/mol. The van der Waals surface area contributed by atoms with Crippen LogP contribution in [0.4, 0.5) is 0 Å². The van der Waals surface area contributed by atoms with E-state index in [1.165, 1.54) is 18.4 Å². The van der Waals surface area contributed by atoms with Gasteiger partial charge in [0.15, 0.2) is 0 Å². The molecule has 0 spiro atoms. The van der Waals surface area contributed by atoms with Crippen molar-refractivity contribution in [2.45, 2.75) is 98.4 Å². The van der Waals surface area contributed by atoms with Gasteiger partial charge >= 0.3 is 0 Å². The van der Waals surface area contributed by atoms with Crippen molar-refractivity contribution in [2.75, 3.05) is 0 Å². The summed E-state index contributed by atoms with van der Waals surface area (Å²) in [5.74, 6) is 3.55. The van der Waals surface area contributed by atoms with Gasteiger partial charge in [0.2, 0.25) is 0 Å². The average Bonchev–Trinajstić information content (AvgIpc) is 3.03. The molecule has 4 aliphatic rings. The number of rotatable bonds is 4. The highest BCUT2D eigenvalue weighted by molar-refractivity contribution is 5.29. The number of aliphatic hydroxyl groups excluding tert-OH is 3. The second kappa shape index (κ2) is 8.29. The van der Waals surface area contributed by atoms with Crippen LogP contribution in [0.1, 0.15) is 80.1 Å². The Bertz CT molecular complexity index is 726. The second-order valence-electron chi connectivity index (χ2n) is 12.5. The molecule has 0 aromatic rings. The standard InChI is InChI=1S/C28H46O3/c1-16(2)17(3)7-8-18(4)22-11-12-23-21-10-9-19-13-20(29)14-25(31)28(19,6)26(21)24(30)15-27(22,23)5/h7-9,16-18,20-26,29-31H,10-15H2,1-6H3/b8-7+/t17?,18-,20?,21+,22-,23+,24?,25?,26-,27-,28-/m1/s1. The highest BCUT2D eigenvalue weighted by atomic mass is 16.3. The fourth-order valence-electron chi connectivity index (χ4n) is 8.43. The number of hydrogen-bond acceptors (Lipinski definition) is 3. The minimum Gasteiger partial charge on any atom is -0.393 e. The van der Waals surface area contributed by atoms with Crippen LogP contribution in [-0.4, -0.2) is 33.6 Å². The molecule has 4 unspecified atom stereocenters. The van der Waals surface area contributed by atoms with Crippen LogP contribution in [0.25, 0.3) is 0 Å². The smallest absolute Gasteiger partial charge is 0.0659 e. The van der Waals surface area contributed by atoms with E-state index in [2.05, 4.69) is 59.8 Å². The Morgan fingerprint density at radius 1 is 1.03 bits per heavy atom. The highest BCUT2D eigenvalue weighted by Crippen LogP contribution is 2.67. The van der Waals surface area contributed by atoms with E-state index in [1.807, 2.05) is 0 Å². The fraction of sp³-hybridized carbons (Fsp3) is 0.857. The average molecular weight is 431 g/mol. The normalized spacial score (nSPS) is 49.4. The summed E-state index contributed by atoms with van der Waals surface area (Å²) in [6.07, 6.45) is 11.2. The molecule has 31 heavy (non-hydrogen) atoms. The van der Waals surface area contributed by atoms with Gasteiger partial charge in [0.05, 0.1) is 18.3 Å². The first kappa shape index (κ1) is 23.5. The molecule has 0 amide bonds. The van der Waals surface area contributed by atoms with E-state index in [4.69, 9.17) is 0 Å². The SMILES string of the molecule is CC(C)C(C)/C=C/[C@@H](C)[C@H]1CC[C@H]2[C@@H]3CC=C4CC(O)CC(O)[C@]4(C)[C@H]3C(O)C[C@]12C. The monoisotopic (exact) mass is 430 g/mol. The van der Waals surface area contributed by atoms with Gasteiger partial charge in [0, 0.05) is 11.8 Å². The van der Waals surface area contributed by atoms with Gasteiger partial charge in [0.25, 0.3) is 0 Å². The van der Waals surface area contributed by atoms with Crippen LogP contribution in [0.3, 0.4) is 0 Å². The van der Waals surface area contributed by atoms with Gasteiger partial charge in [-0.25, -0.2) is 0 Å². The zero-order valence-electron chi connectivity index (χ0n) is 20.6. The van der Waals surface area contributed by atoms with Crippen LogP contribution < -0.4 is 0 Å². The first-order valence-electron chi connectivity index (χ1n) is 12.9. The molecule has 0 aromatic carbocycles. The number of hydrogen-bond donors (Lipinski definition) is 3. The summed E-state index contributed by atoms with van der Waals surface area (Å²) in [5, 5.41) is 32.9. The third kappa shape index (κ3) is 3.67. The van der Waals surface area contributed by atoms with Gasteiger partial charge in [-0.3, -0.25) is 0 Å². The third-order valence-corrected chi connectivity index (χ3v) is 10.6. The lowest BCUT2D eigenvalue weighted by Crippen LogP contribution is -2.60. The molecule has 0 aromatic heterocycles. The van der Waals surface area contributed by atoms with Crippen molar-refractivity contribution in [3.8, 4) is 0 Å². The molecule has 0 radical (unpaired) electrons. The van der Waals surface area contributed by atoms with Gasteiger partial charge in [-0.2, -0.15) is 0 Å². The lowest BCUT2D eigenvalue weighted by Gasteiger charge is -2.61. The van der Waals surface area contributed by atoms with E-state index in [0.29, 0.717) is 48.3 Å². The Morgan fingerprint density at radius 3 is 2.42 bits per heavy atom. The lowest BCUT2D eigenvalue weighted by molar-refractivity contribution is -0.158. The molecule has 4 aliphatic carbocycles. The topological polar surface area (TPSA) is 60.7 Å². The summed E-state index contributed by atoms with van der Waals surface area (Å²) in [6, 6.07) is 0. The Morgan fingerprint density at radius 2 is 1.74 bits per heavy atom. The van der Waals surface area contributed by atoms with Crippen LogP contribution in [-0.2, 0) is 0 Å². The summed E-state index contributed by atoms with van der Waals surface area (Å²) in [6.45, 7) is 13.9. The minimum atomic E-state index is -0.564. The Kier molecular flexibility index (Phi) is 6.29. The molecule has 3 N–H and O–H groups in total. The zero-order valence-corrected chi connectivity index (χ0v) is 20.6. The van der Waals surface area contributed by atoms with Gasteiger partial charge < -0.3 is 15.3 Å². The molecule has 11 atom stereocenters. The summed E-state index contributed by atoms with van der Waals surface area (Å²) in [7, 11) is 0. The highest BCUT2D eigenvalue weighted by Gasteiger charge is 2.63. The molecular weight excluding hydrogens is 384 g/mol. The largest absolute Gasteiger partial charge is 0.393 e. The van der Waals surface area contributed by atoms with Crippen LogP contribution in [0.2, 0.25) is 0 Å². The molecule has 0 bridgehead atoms. The summed E-state index contributed by atoms with van der Waals surface area (Å²) >= 11 is 0. The van der Waals surface area contributed by atoms with Crippen molar-refractivity contribution in [1.82, 2.24) is 0 Å². The summed E-state index contributed by atoms with van der Waals surface area (Å²) in [4.78, 5) is 0. The van der Waals surface area contributed by atoms with Crippen molar-refractivity contribution in [1.29, 1.82) is 0 Å². The van der Waals surface area contributed by atoms with Gasteiger partial charge in [0.1, 0.15) is 0 Å². The molecular formula is C28H46O3. The summed E-state index contributed by atoms with van der Waals surface area (Å²) in [5.41, 5.74) is 0.960. The van der Waals surface area contributed by atoms with Gasteiger partial charge in [-0.15, -0.1) is 0 Å². The van der Waals surface area contributed by atoms with Crippen LogP contribution in [0.5, 0.6) is 0 Å². The molecule has 176 valence electrons. The Labute approximate surface area is 190 Å². The quantitative estimate of drug-likeness (QED) is 0.527. The Balaban J connectivity index is 1.60. The Hall–Kier alpha value is -0.640. The predicted octanol–water partition coefficient (Wildman–Crippen LogP) is 5.35. The molecule has 3 fully saturated rings. The summed E-state index contributed by atoms with van der Waals surface area (Å²) < 4.78 is 0. The van der Waals surface area contributed by atoms with E-state index in [-0.39, 0.29) is 22.9 Å². The van der Waals surface area contributed by atoms with Crippen molar-refractivity contribution in [3.05, 3.63) is 23.8 Å². The van der Waals surface area contributed by atoms with E-state index in [1.54, 1.807) is 0 Å². The molecule has 3 nitrogen and oxygen atoms in total. The van der Waals surface area contributed by atoms with Gasteiger partial charge in [-0.1, -0.05) is 65.3 Å². The van der Waals surface area contributed by atoms with Crippen molar-refractivity contribution >= 4 is 0 Å². The van der Waals surface area contributed by atoms with Crippen molar-refractivity contribution in [2.24, 2.45) is 52.3 Å². The number of allylic oxidation sites excluding steroid dienone is 3. The van der Waals surface area contributed by atoms with Crippen LogP contribution >= 0.6 is 0 Å². The number of aliphatic hydroxyl groups is 3. The molecule has 0 saturated heterocycles. The maximum absolute atomic E-state index is 11.6. The van der Waals surface area contributed by atoms with E-state index in [9.17, 15) is 15.3 Å². The first-order chi connectivity index (χ1) is 14.5. The molecule has 0 aliphatic heterocycles. The minimum absolute atomic E-state index is 0.110. The van der Waals surface area contributed by atoms with Crippen LogP contribution in [0, 0.1) is 52.3 Å². The second-order valence-corrected chi connectivity index (χ2v) is 12.5. The van der Waals surface area contributed by atoms with Crippen molar-refractivity contribution in [3.63, 3.8) is 0 Å². The number of fused-ring (bicyclic) bond motifs is 5. The third-order valence-electron chi connectivity index (χ3n) is 10.6. The molecule has 4 rings (SSSR count). The van der Waals surface area contributed by atoms with Gasteiger partial charge in [-0.05, 0) is 78.9 Å². The fourth-order valence-corrected chi connectivity index (χ4v) is 8.43. The van der Waals surface area contributed by atoms with E-state index < -0.39 is 12.2 Å². The van der Waals surface area contributed by atoms with Crippen molar-refractivity contribution < 1.29 is 15.3 Å². The van der Waals surface area contributed by atoms with Crippen LogP contribution in [0.15, 0.2) is 23.8 Å².